The quantitative estimate of drug-likeness (QED) is 0.858. The topological polar surface area (TPSA) is 50.4 Å². The lowest BCUT2D eigenvalue weighted by Gasteiger charge is -2.45. The molecule has 2 N–H and O–H groups in total. The average molecular weight is 330 g/mol. The van der Waals surface area contributed by atoms with E-state index in [1.807, 2.05) is 30.3 Å². The number of benzene rings is 1. The molecule has 1 aromatic carbocycles. The van der Waals surface area contributed by atoms with Gasteiger partial charge in [-0.1, -0.05) is 57.0 Å². The van der Waals surface area contributed by atoms with Crippen LogP contribution in [0.1, 0.15) is 57.9 Å². The number of hydrogen-bond donors (Lipinski definition) is 2. The number of carbonyl (C=O) groups is 1. The van der Waals surface area contributed by atoms with Gasteiger partial charge in [0.15, 0.2) is 0 Å². The van der Waals surface area contributed by atoms with Crippen LogP contribution in [-0.4, -0.2) is 24.2 Å². The van der Waals surface area contributed by atoms with E-state index in [1.54, 1.807) is 0 Å². The van der Waals surface area contributed by atoms with Crippen LogP contribution in [0, 0.1) is 5.41 Å². The molecule has 1 unspecified atom stereocenters. The molecule has 4 heteroatoms. The van der Waals surface area contributed by atoms with Crippen LogP contribution in [0.3, 0.4) is 0 Å². The van der Waals surface area contributed by atoms with Gasteiger partial charge in [-0.3, -0.25) is 0 Å². The Kier molecular flexibility index (Phi) is 5.44. The lowest BCUT2D eigenvalue weighted by Crippen LogP contribution is -2.57. The van der Waals surface area contributed by atoms with E-state index in [1.165, 1.54) is 25.7 Å². The Bertz CT molecular complexity index is 538. The van der Waals surface area contributed by atoms with Gasteiger partial charge in [0.1, 0.15) is 6.61 Å². The second-order valence-electron chi connectivity index (χ2n) is 8.02. The van der Waals surface area contributed by atoms with E-state index in [9.17, 15) is 4.79 Å². The van der Waals surface area contributed by atoms with Crippen molar-refractivity contribution < 1.29 is 9.53 Å². The maximum Gasteiger partial charge on any atom is 0.407 e. The Morgan fingerprint density at radius 3 is 2.62 bits per heavy atom. The van der Waals surface area contributed by atoms with E-state index >= 15 is 0 Å². The first-order chi connectivity index (χ1) is 11.5. The van der Waals surface area contributed by atoms with Gasteiger partial charge >= 0.3 is 6.09 Å². The molecule has 0 radical (unpaired) electrons. The number of rotatable bonds is 5. The van der Waals surface area contributed by atoms with Gasteiger partial charge in [-0.2, -0.15) is 0 Å². The number of nitrogens with one attached hydrogen (secondary N) is 2. The minimum absolute atomic E-state index is 0.248. The summed E-state index contributed by atoms with van der Waals surface area (Å²) in [6.45, 7) is 5.08. The molecule has 24 heavy (non-hydrogen) atoms. The summed E-state index contributed by atoms with van der Waals surface area (Å²) in [5, 5.41) is 6.79. The van der Waals surface area contributed by atoms with Crippen molar-refractivity contribution >= 4 is 6.09 Å². The maximum absolute atomic E-state index is 11.9. The van der Waals surface area contributed by atoms with Crippen molar-refractivity contribution in [3.8, 4) is 0 Å². The molecular formula is C20H30N2O2. The standard InChI is InChI=1S/C20H30N2O2/c1-20(2)11-7-6-10-18(20)21-16-12-17(13-16)22-19(23)24-14-15-8-4-3-5-9-15/h3-5,8-9,16-18,21H,6-7,10-14H2,1-2H3,(H,22,23). The van der Waals surface area contributed by atoms with Gasteiger partial charge in [0, 0.05) is 18.1 Å². The molecule has 0 saturated heterocycles. The average Bonchev–Trinajstić information content (AvgIpc) is 2.53. The fourth-order valence-corrected chi connectivity index (χ4v) is 3.89. The van der Waals surface area contributed by atoms with Crippen molar-refractivity contribution in [1.29, 1.82) is 0 Å². The van der Waals surface area contributed by atoms with Crippen molar-refractivity contribution in [2.45, 2.75) is 77.1 Å². The van der Waals surface area contributed by atoms with Crippen LogP contribution in [0.25, 0.3) is 0 Å². The summed E-state index contributed by atoms with van der Waals surface area (Å²) in [5.74, 6) is 0. The number of ether oxygens (including phenoxy) is 1. The molecule has 132 valence electrons. The number of amides is 1. The van der Waals surface area contributed by atoms with Crippen molar-refractivity contribution in [2.75, 3.05) is 0 Å². The van der Waals surface area contributed by atoms with E-state index in [0.717, 1.165) is 18.4 Å². The molecule has 0 bridgehead atoms. The summed E-state index contributed by atoms with van der Waals surface area (Å²) in [5.41, 5.74) is 1.41. The van der Waals surface area contributed by atoms with E-state index in [-0.39, 0.29) is 12.1 Å². The zero-order valence-corrected chi connectivity index (χ0v) is 14.9. The van der Waals surface area contributed by atoms with Crippen molar-refractivity contribution in [1.82, 2.24) is 10.6 Å². The second kappa shape index (κ2) is 7.56. The molecule has 2 aliphatic carbocycles. The summed E-state index contributed by atoms with van der Waals surface area (Å²) in [6, 6.07) is 11.2. The van der Waals surface area contributed by atoms with Crippen molar-refractivity contribution in [2.24, 2.45) is 5.41 Å². The smallest absolute Gasteiger partial charge is 0.407 e. The van der Waals surface area contributed by atoms with Crippen LogP contribution >= 0.6 is 0 Å². The van der Waals surface area contributed by atoms with Crippen LogP contribution in [0.5, 0.6) is 0 Å². The van der Waals surface area contributed by atoms with Gasteiger partial charge in [0.2, 0.25) is 0 Å². The Morgan fingerprint density at radius 2 is 1.92 bits per heavy atom. The SMILES string of the molecule is CC1(C)CCCCC1NC1CC(NC(=O)OCc2ccccc2)C1. The van der Waals surface area contributed by atoms with Gasteiger partial charge in [-0.05, 0) is 36.7 Å². The minimum atomic E-state index is -0.305. The Morgan fingerprint density at radius 1 is 1.17 bits per heavy atom. The molecule has 3 rings (SSSR count). The third-order valence-corrected chi connectivity index (χ3v) is 5.62. The minimum Gasteiger partial charge on any atom is -0.445 e. The summed E-state index contributed by atoms with van der Waals surface area (Å²) < 4.78 is 5.28. The molecule has 2 saturated carbocycles. The van der Waals surface area contributed by atoms with Crippen molar-refractivity contribution in [3.63, 3.8) is 0 Å². The monoisotopic (exact) mass is 330 g/mol. The first-order valence-corrected chi connectivity index (χ1v) is 9.26. The van der Waals surface area contributed by atoms with Gasteiger partial charge in [-0.15, -0.1) is 0 Å². The maximum atomic E-state index is 11.9. The van der Waals surface area contributed by atoms with Crippen LogP contribution in [0.15, 0.2) is 30.3 Å². The lowest BCUT2D eigenvalue weighted by atomic mass is 9.72. The van der Waals surface area contributed by atoms with E-state index in [0.29, 0.717) is 24.1 Å². The van der Waals surface area contributed by atoms with Gasteiger partial charge < -0.3 is 15.4 Å². The fourth-order valence-electron chi connectivity index (χ4n) is 3.89. The molecule has 1 aromatic rings. The van der Waals surface area contributed by atoms with Crippen LogP contribution < -0.4 is 10.6 Å². The highest BCUT2D eigenvalue weighted by atomic mass is 16.5. The number of hydrogen-bond acceptors (Lipinski definition) is 3. The Balaban J connectivity index is 1.34. The molecular weight excluding hydrogens is 300 g/mol. The van der Waals surface area contributed by atoms with E-state index < -0.39 is 0 Å². The molecule has 0 spiro atoms. The molecule has 2 aliphatic rings. The molecule has 4 nitrogen and oxygen atoms in total. The first kappa shape index (κ1) is 17.3. The second-order valence-corrected chi connectivity index (χ2v) is 8.02. The summed E-state index contributed by atoms with van der Waals surface area (Å²) in [7, 11) is 0. The highest BCUT2D eigenvalue weighted by molar-refractivity contribution is 5.67. The molecule has 1 atom stereocenters. The van der Waals surface area contributed by atoms with Crippen LogP contribution in [0.2, 0.25) is 0 Å². The number of alkyl carbamates (subject to hydrolysis) is 1. The molecule has 2 fully saturated rings. The lowest BCUT2D eigenvalue weighted by molar-refractivity contribution is 0.108. The normalized spacial score (nSPS) is 28.7. The van der Waals surface area contributed by atoms with Crippen LogP contribution in [0.4, 0.5) is 4.79 Å². The van der Waals surface area contributed by atoms with Gasteiger partial charge in [0.25, 0.3) is 0 Å². The zero-order valence-electron chi connectivity index (χ0n) is 14.9. The molecule has 0 aliphatic heterocycles. The number of carbonyl (C=O) groups excluding carboxylic acids is 1. The third kappa shape index (κ3) is 4.50. The highest BCUT2D eigenvalue weighted by Crippen LogP contribution is 2.36. The zero-order chi connectivity index (χ0) is 17.0. The Labute approximate surface area is 145 Å². The van der Waals surface area contributed by atoms with Gasteiger partial charge in [0.05, 0.1) is 0 Å². The van der Waals surface area contributed by atoms with Crippen LogP contribution in [-0.2, 0) is 11.3 Å². The van der Waals surface area contributed by atoms with E-state index in [2.05, 4.69) is 24.5 Å². The van der Waals surface area contributed by atoms with Crippen molar-refractivity contribution in [3.05, 3.63) is 35.9 Å². The fraction of sp³-hybridized carbons (Fsp3) is 0.650. The van der Waals surface area contributed by atoms with Gasteiger partial charge in [-0.25, -0.2) is 4.79 Å². The molecule has 1 amide bonds. The Hall–Kier alpha value is -1.55. The summed E-state index contributed by atoms with van der Waals surface area (Å²) in [6.07, 6.45) is 6.99. The molecule has 0 heterocycles. The largest absolute Gasteiger partial charge is 0.445 e. The highest BCUT2D eigenvalue weighted by Gasteiger charge is 2.37. The molecule has 0 aromatic heterocycles. The predicted molar refractivity (Wildman–Crippen MR) is 95.7 cm³/mol. The first-order valence-electron chi connectivity index (χ1n) is 9.26. The van der Waals surface area contributed by atoms with E-state index in [4.69, 9.17) is 4.74 Å². The summed E-state index contributed by atoms with van der Waals surface area (Å²) in [4.78, 5) is 11.9. The predicted octanol–water partition coefficient (Wildman–Crippen LogP) is 4.00. The summed E-state index contributed by atoms with van der Waals surface area (Å²) >= 11 is 0. The third-order valence-electron chi connectivity index (χ3n) is 5.62.